The Bertz CT molecular complexity index is 757. The third-order valence-electron chi connectivity index (χ3n) is 6.31. The minimum atomic E-state index is -0.448. The normalized spacial score (nSPS) is 24.9. The van der Waals surface area contributed by atoms with E-state index in [1.54, 1.807) is 0 Å². The van der Waals surface area contributed by atoms with Crippen molar-refractivity contribution in [2.24, 2.45) is 5.92 Å². The first kappa shape index (κ1) is 19.0. The van der Waals surface area contributed by atoms with Crippen LogP contribution in [0.15, 0.2) is 24.3 Å². The number of fused-ring (bicyclic) bond motifs is 1. The van der Waals surface area contributed by atoms with Gasteiger partial charge in [0.2, 0.25) is 5.91 Å². The highest BCUT2D eigenvalue weighted by Gasteiger charge is 2.39. The van der Waals surface area contributed by atoms with Crippen LogP contribution in [0.2, 0.25) is 0 Å². The summed E-state index contributed by atoms with van der Waals surface area (Å²) in [6.45, 7) is 0.144. The largest absolute Gasteiger partial charge is 0.455 e. The lowest BCUT2D eigenvalue weighted by atomic mass is 9.88. The van der Waals surface area contributed by atoms with Crippen molar-refractivity contribution in [1.82, 2.24) is 10.2 Å². The molecule has 1 aromatic carbocycles. The molecule has 150 valence electrons. The molecule has 0 unspecified atom stereocenters. The molecule has 1 heterocycles. The van der Waals surface area contributed by atoms with E-state index in [2.05, 4.69) is 11.4 Å². The fourth-order valence-electron chi connectivity index (χ4n) is 4.85. The van der Waals surface area contributed by atoms with Gasteiger partial charge in [-0.1, -0.05) is 37.1 Å². The summed E-state index contributed by atoms with van der Waals surface area (Å²) in [5, 5.41) is 2.99. The Labute approximate surface area is 165 Å². The molecule has 2 fully saturated rings. The number of ether oxygens (including phenoxy) is 1. The molecule has 1 N–H and O–H groups in total. The van der Waals surface area contributed by atoms with Crippen molar-refractivity contribution in [2.45, 2.75) is 63.5 Å². The van der Waals surface area contributed by atoms with E-state index in [1.807, 2.05) is 23.1 Å². The second-order valence-corrected chi connectivity index (χ2v) is 8.20. The van der Waals surface area contributed by atoms with Gasteiger partial charge in [-0.2, -0.15) is 0 Å². The maximum atomic E-state index is 12.4. The standard InChI is InChI=1S/C22H28N2O4/c25-20(23-19-11-5-7-15-6-1-4-10-18(15)19)14-28-22(27)16-12-21(26)24(13-16)17-8-2-3-9-17/h1,4,6,10,16-17,19H,2-3,5,7-9,11-14H2,(H,23,25)/t16-,19+/m0/s1. The number of esters is 1. The summed E-state index contributed by atoms with van der Waals surface area (Å²) in [6, 6.07) is 8.40. The van der Waals surface area contributed by atoms with Crippen LogP contribution < -0.4 is 5.32 Å². The third kappa shape index (κ3) is 4.05. The molecule has 6 heteroatoms. The quantitative estimate of drug-likeness (QED) is 0.792. The average Bonchev–Trinajstić information content (AvgIpc) is 3.36. The minimum Gasteiger partial charge on any atom is -0.455 e. The van der Waals surface area contributed by atoms with Crippen molar-refractivity contribution in [3.8, 4) is 0 Å². The lowest BCUT2D eigenvalue weighted by molar-refractivity contribution is -0.152. The Kier molecular flexibility index (Phi) is 5.64. The van der Waals surface area contributed by atoms with E-state index in [0.29, 0.717) is 6.54 Å². The number of benzene rings is 1. The highest BCUT2D eigenvalue weighted by molar-refractivity contribution is 5.88. The molecule has 6 nitrogen and oxygen atoms in total. The molecule has 1 saturated heterocycles. The number of nitrogens with one attached hydrogen (secondary N) is 1. The molecule has 1 aromatic rings. The Hall–Kier alpha value is -2.37. The number of aryl methyl sites for hydroxylation is 1. The third-order valence-corrected chi connectivity index (χ3v) is 6.31. The lowest BCUT2D eigenvalue weighted by Gasteiger charge is -2.26. The second-order valence-electron chi connectivity index (χ2n) is 8.20. The maximum Gasteiger partial charge on any atom is 0.311 e. The maximum absolute atomic E-state index is 12.4. The van der Waals surface area contributed by atoms with E-state index < -0.39 is 11.9 Å². The minimum absolute atomic E-state index is 0.0259. The van der Waals surface area contributed by atoms with Crippen LogP contribution in [-0.4, -0.2) is 41.9 Å². The molecule has 2 aliphatic carbocycles. The van der Waals surface area contributed by atoms with Crippen LogP contribution in [0.25, 0.3) is 0 Å². The summed E-state index contributed by atoms with van der Waals surface area (Å²) in [5.74, 6) is -1.13. The molecule has 4 rings (SSSR count). The fraction of sp³-hybridized carbons (Fsp3) is 0.591. The van der Waals surface area contributed by atoms with Crippen molar-refractivity contribution >= 4 is 17.8 Å². The Balaban J connectivity index is 1.26. The van der Waals surface area contributed by atoms with Crippen LogP contribution in [0.1, 0.15) is 62.1 Å². The fourth-order valence-corrected chi connectivity index (χ4v) is 4.85. The molecular weight excluding hydrogens is 356 g/mol. The molecule has 0 radical (unpaired) electrons. The zero-order valence-corrected chi connectivity index (χ0v) is 16.2. The van der Waals surface area contributed by atoms with Crippen LogP contribution in [0.3, 0.4) is 0 Å². The van der Waals surface area contributed by atoms with Crippen molar-refractivity contribution < 1.29 is 19.1 Å². The summed E-state index contributed by atoms with van der Waals surface area (Å²) >= 11 is 0. The molecule has 2 amide bonds. The monoisotopic (exact) mass is 384 g/mol. The van der Waals surface area contributed by atoms with Gasteiger partial charge in [0.05, 0.1) is 12.0 Å². The Morgan fingerprint density at radius 2 is 1.89 bits per heavy atom. The highest BCUT2D eigenvalue weighted by Crippen LogP contribution is 2.30. The number of nitrogens with zero attached hydrogens (tertiary/aromatic N) is 1. The summed E-state index contributed by atoms with van der Waals surface area (Å²) in [5.41, 5.74) is 2.43. The van der Waals surface area contributed by atoms with Crippen molar-refractivity contribution in [3.63, 3.8) is 0 Å². The molecule has 0 bridgehead atoms. The first-order chi connectivity index (χ1) is 13.6. The zero-order valence-electron chi connectivity index (χ0n) is 16.2. The highest BCUT2D eigenvalue weighted by atomic mass is 16.5. The molecule has 0 aromatic heterocycles. The molecule has 1 saturated carbocycles. The van der Waals surface area contributed by atoms with Gasteiger partial charge in [0, 0.05) is 19.0 Å². The Morgan fingerprint density at radius 1 is 1.11 bits per heavy atom. The Morgan fingerprint density at radius 3 is 2.71 bits per heavy atom. The number of carbonyl (C=O) groups is 3. The first-order valence-corrected chi connectivity index (χ1v) is 10.4. The van der Waals surface area contributed by atoms with Gasteiger partial charge in [0.1, 0.15) is 0 Å². The SMILES string of the molecule is O=C(COC(=O)[C@H]1CC(=O)N(C2CCCC2)C1)N[C@@H]1CCCc2ccccc21. The van der Waals surface area contributed by atoms with Gasteiger partial charge >= 0.3 is 5.97 Å². The molecule has 2 atom stereocenters. The van der Waals surface area contributed by atoms with E-state index in [-0.39, 0.29) is 36.9 Å². The van der Waals surface area contributed by atoms with Crippen molar-refractivity contribution in [1.29, 1.82) is 0 Å². The van der Waals surface area contributed by atoms with Gasteiger partial charge in [-0.15, -0.1) is 0 Å². The summed E-state index contributed by atoms with van der Waals surface area (Å²) < 4.78 is 5.25. The number of amides is 2. The molecule has 1 aliphatic heterocycles. The number of rotatable bonds is 5. The van der Waals surface area contributed by atoms with Gasteiger partial charge in [-0.25, -0.2) is 0 Å². The smallest absolute Gasteiger partial charge is 0.311 e. The van der Waals surface area contributed by atoms with Crippen molar-refractivity contribution in [3.05, 3.63) is 35.4 Å². The van der Waals surface area contributed by atoms with E-state index in [4.69, 9.17) is 4.74 Å². The number of likely N-dealkylation sites (tertiary alicyclic amines) is 1. The van der Waals surface area contributed by atoms with E-state index in [1.165, 1.54) is 5.56 Å². The molecular formula is C22H28N2O4. The van der Waals surface area contributed by atoms with Gasteiger partial charge in [0.25, 0.3) is 5.91 Å². The predicted molar refractivity (Wildman–Crippen MR) is 103 cm³/mol. The summed E-state index contributed by atoms with van der Waals surface area (Å²) in [6.07, 6.45) is 7.50. The summed E-state index contributed by atoms with van der Waals surface area (Å²) in [4.78, 5) is 38.8. The summed E-state index contributed by atoms with van der Waals surface area (Å²) in [7, 11) is 0. The molecule has 3 aliphatic rings. The van der Waals surface area contributed by atoms with Crippen LogP contribution in [-0.2, 0) is 25.5 Å². The van der Waals surface area contributed by atoms with E-state index in [9.17, 15) is 14.4 Å². The van der Waals surface area contributed by atoms with Crippen molar-refractivity contribution in [2.75, 3.05) is 13.2 Å². The number of carbonyl (C=O) groups excluding carboxylic acids is 3. The van der Waals surface area contributed by atoms with E-state index in [0.717, 1.165) is 50.5 Å². The zero-order chi connectivity index (χ0) is 19.5. The lowest BCUT2D eigenvalue weighted by Crippen LogP contribution is -2.36. The topological polar surface area (TPSA) is 75.7 Å². The average molecular weight is 384 g/mol. The molecule has 0 spiro atoms. The van der Waals surface area contributed by atoms with Gasteiger partial charge in [-0.3, -0.25) is 14.4 Å². The number of hydrogen-bond donors (Lipinski definition) is 1. The van der Waals surface area contributed by atoms with Crippen LogP contribution in [0, 0.1) is 5.92 Å². The molecule has 28 heavy (non-hydrogen) atoms. The van der Waals surface area contributed by atoms with Crippen LogP contribution >= 0.6 is 0 Å². The van der Waals surface area contributed by atoms with Gasteiger partial charge in [0.15, 0.2) is 6.61 Å². The van der Waals surface area contributed by atoms with Gasteiger partial charge in [-0.05, 0) is 43.2 Å². The van der Waals surface area contributed by atoms with Crippen LogP contribution in [0.4, 0.5) is 0 Å². The number of hydrogen-bond acceptors (Lipinski definition) is 4. The van der Waals surface area contributed by atoms with E-state index >= 15 is 0 Å². The van der Waals surface area contributed by atoms with Crippen LogP contribution in [0.5, 0.6) is 0 Å². The van der Waals surface area contributed by atoms with Gasteiger partial charge < -0.3 is 15.0 Å². The second kappa shape index (κ2) is 8.33. The first-order valence-electron chi connectivity index (χ1n) is 10.4. The predicted octanol–water partition coefficient (Wildman–Crippen LogP) is 2.51.